The zero-order chi connectivity index (χ0) is 14.1. The smallest absolute Gasteiger partial charge is 0.238 e. The van der Waals surface area contributed by atoms with Gasteiger partial charge in [-0.3, -0.25) is 4.79 Å². The van der Waals surface area contributed by atoms with E-state index in [1.165, 1.54) is 10.5 Å². The second-order valence-electron chi connectivity index (χ2n) is 5.00. The fourth-order valence-corrected chi connectivity index (χ4v) is 3.52. The summed E-state index contributed by atoms with van der Waals surface area (Å²) in [5, 5.41) is 2.87. The van der Waals surface area contributed by atoms with Crippen molar-refractivity contribution < 1.29 is 4.79 Å². The Morgan fingerprint density at radius 1 is 1.30 bits per heavy atom. The molecule has 0 spiro atoms. The fraction of sp³-hybridized carbons (Fsp3) is 0.188. The Bertz CT molecular complexity index is 644. The Labute approximate surface area is 122 Å². The number of carbonyl (C=O) groups excluding carboxylic acids is 1. The Balaban J connectivity index is 1.74. The van der Waals surface area contributed by atoms with Crippen molar-refractivity contribution in [2.45, 2.75) is 23.5 Å². The van der Waals surface area contributed by atoms with Gasteiger partial charge >= 0.3 is 0 Å². The molecule has 0 saturated carbocycles. The SMILES string of the molecule is Cc1ccc(N)c(NC(=O)C2Cc3ccccc3S2)c1. The van der Waals surface area contributed by atoms with Crippen molar-refractivity contribution in [1.82, 2.24) is 0 Å². The summed E-state index contributed by atoms with van der Waals surface area (Å²) < 4.78 is 0. The summed E-state index contributed by atoms with van der Waals surface area (Å²) in [7, 11) is 0. The van der Waals surface area contributed by atoms with E-state index in [1.54, 1.807) is 11.8 Å². The van der Waals surface area contributed by atoms with Gasteiger partial charge in [0.15, 0.2) is 0 Å². The maximum absolute atomic E-state index is 12.4. The Kier molecular flexibility index (Phi) is 3.40. The summed E-state index contributed by atoms with van der Waals surface area (Å²) in [4.78, 5) is 13.6. The molecule has 1 atom stereocenters. The third-order valence-corrected chi connectivity index (χ3v) is 4.72. The molecule has 0 fully saturated rings. The fourth-order valence-electron chi connectivity index (χ4n) is 2.32. The van der Waals surface area contributed by atoms with Crippen LogP contribution in [0, 0.1) is 6.92 Å². The number of hydrogen-bond acceptors (Lipinski definition) is 3. The van der Waals surface area contributed by atoms with E-state index in [4.69, 9.17) is 5.73 Å². The molecule has 1 heterocycles. The lowest BCUT2D eigenvalue weighted by Crippen LogP contribution is -2.25. The first-order valence-corrected chi connectivity index (χ1v) is 7.43. The van der Waals surface area contributed by atoms with E-state index in [-0.39, 0.29) is 11.2 Å². The molecule has 3 nitrogen and oxygen atoms in total. The van der Waals surface area contributed by atoms with Crippen LogP contribution in [0.1, 0.15) is 11.1 Å². The molecule has 3 rings (SSSR count). The maximum Gasteiger partial charge on any atom is 0.238 e. The number of thioether (sulfide) groups is 1. The molecule has 1 unspecified atom stereocenters. The van der Waals surface area contributed by atoms with Gasteiger partial charge in [0.25, 0.3) is 0 Å². The maximum atomic E-state index is 12.4. The molecule has 0 aliphatic carbocycles. The number of benzene rings is 2. The first-order valence-electron chi connectivity index (χ1n) is 6.55. The van der Waals surface area contributed by atoms with E-state index in [9.17, 15) is 4.79 Å². The Morgan fingerprint density at radius 3 is 2.90 bits per heavy atom. The molecule has 3 N–H and O–H groups in total. The monoisotopic (exact) mass is 284 g/mol. The van der Waals surface area contributed by atoms with E-state index in [1.807, 2.05) is 37.3 Å². The highest BCUT2D eigenvalue weighted by Gasteiger charge is 2.28. The first kappa shape index (κ1) is 13.1. The molecule has 4 heteroatoms. The summed E-state index contributed by atoms with van der Waals surface area (Å²) >= 11 is 1.62. The van der Waals surface area contributed by atoms with E-state index in [2.05, 4.69) is 17.4 Å². The molecule has 0 bridgehead atoms. The zero-order valence-electron chi connectivity index (χ0n) is 11.2. The van der Waals surface area contributed by atoms with Gasteiger partial charge in [0.2, 0.25) is 5.91 Å². The lowest BCUT2D eigenvalue weighted by molar-refractivity contribution is -0.115. The minimum Gasteiger partial charge on any atom is -0.397 e. The summed E-state index contributed by atoms with van der Waals surface area (Å²) in [5.74, 6) is 0.0171. The van der Waals surface area contributed by atoms with Gasteiger partial charge in [-0.2, -0.15) is 0 Å². The van der Waals surface area contributed by atoms with E-state index in [0.29, 0.717) is 11.4 Å². The van der Waals surface area contributed by atoms with Crippen molar-refractivity contribution in [1.29, 1.82) is 0 Å². The number of fused-ring (bicyclic) bond motifs is 1. The number of nitrogen functional groups attached to an aromatic ring is 1. The highest BCUT2D eigenvalue weighted by Crippen LogP contribution is 2.37. The van der Waals surface area contributed by atoms with E-state index < -0.39 is 0 Å². The molecule has 0 aromatic heterocycles. The van der Waals surface area contributed by atoms with Crippen LogP contribution in [0.2, 0.25) is 0 Å². The molecule has 102 valence electrons. The van der Waals surface area contributed by atoms with Crippen molar-refractivity contribution in [3.8, 4) is 0 Å². The molecule has 0 saturated heterocycles. The number of rotatable bonds is 2. The summed E-state index contributed by atoms with van der Waals surface area (Å²) in [5.41, 5.74) is 9.53. The van der Waals surface area contributed by atoms with Crippen LogP contribution in [0.3, 0.4) is 0 Å². The van der Waals surface area contributed by atoms with Crippen LogP contribution in [0.4, 0.5) is 11.4 Å². The predicted molar refractivity (Wildman–Crippen MR) is 84.0 cm³/mol. The van der Waals surface area contributed by atoms with Crippen molar-refractivity contribution in [2.75, 3.05) is 11.1 Å². The largest absolute Gasteiger partial charge is 0.397 e. The highest BCUT2D eigenvalue weighted by atomic mass is 32.2. The first-order chi connectivity index (χ1) is 9.63. The Hall–Kier alpha value is -1.94. The normalized spacial score (nSPS) is 16.8. The molecule has 2 aromatic rings. The van der Waals surface area contributed by atoms with Crippen molar-refractivity contribution in [3.63, 3.8) is 0 Å². The Morgan fingerprint density at radius 2 is 2.10 bits per heavy atom. The van der Waals surface area contributed by atoms with E-state index >= 15 is 0 Å². The average Bonchev–Trinajstić information content (AvgIpc) is 2.87. The van der Waals surface area contributed by atoms with Crippen molar-refractivity contribution in [3.05, 3.63) is 53.6 Å². The van der Waals surface area contributed by atoms with Gasteiger partial charge in [-0.25, -0.2) is 0 Å². The van der Waals surface area contributed by atoms with Crippen LogP contribution >= 0.6 is 11.8 Å². The van der Waals surface area contributed by atoms with Gasteiger partial charge in [-0.15, -0.1) is 11.8 Å². The van der Waals surface area contributed by atoms with Crippen molar-refractivity contribution >= 4 is 29.0 Å². The third kappa shape index (κ3) is 2.51. The quantitative estimate of drug-likeness (QED) is 0.832. The number of anilines is 2. The molecule has 1 amide bonds. The van der Waals surface area contributed by atoms with Gasteiger partial charge in [0.05, 0.1) is 16.6 Å². The van der Waals surface area contributed by atoms with Gasteiger partial charge < -0.3 is 11.1 Å². The number of nitrogens with one attached hydrogen (secondary N) is 1. The second kappa shape index (κ2) is 5.21. The third-order valence-electron chi connectivity index (χ3n) is 3.41. The molecular weight excluding hydrogens is 268 g/mol. The predicted octanol–water partition coefficient (Wildman–Crippen LogP) is 3.23. The summed E-state index contributed by atoms with van der Waals surface area (Å²) in [6.07, 6.45) is 0.776. The van der Waals surface area contributed by atoms with Crippen LogP contribution in [0.15, 0.2) is 47.4 Å². The minimum atomic E-state index is -0.0766. The van der Waals surface area contributed by atoms with Crippen molar-refractivity contribution in [2.24, 2.45) is 0 Å². The van der Waals surface area contributed by atoms with E-state index in [0.717, 1.165) is 12.0 Å². The van der Waals surface area contributed by atoms with Crippen LogP contribution in [0.5, 0.6) is 0 Å². The number of hydrogen-bond donors (Lipinski definition) is 2. The lowest BCUT2D eigenvalue weighted by atomic mass is 10.1. The van der Waals surface area contributed by atoms with Crippen LogP contribution in [-0.2, 0) is 11.2 Å². The van der Waals surface area contributed by atoms with Gasteiger partial charge in [-0.05, 0) is 42.7 Å². The van der Waals surface area contributed by atoms with Crippen LogP contribution < -0.4 is 11.1 Å². The average molecular weight is 284 g/mol. The topological polar surface area (TPSA) is 55.1 Å². The number of nitrogens with two attached hydrogens (primary N) is 1. The van der Waals surface area contributed by atoms with Crippen LogP contribution in [-0.4, -0.2) is 11.2 Å². The lowest BCUT2D eigenvalue weighted by Gasteiger charge is -2.12. The molecule has 2 aromatic carbocycles. The molecule has 20 heavy (non-hydrogen) atoms. The van der Waals surface area contributed by atoms with Crippen LogP contribution in [0.25, 0.3) is 0 Å². The zero-order valence-corrected chi connectivity index (χ0v) is 12.0. The summed E-state index contributed by atoms with van der Waals surface area (Å²) in [6, 6.07) is 13.8. The standard InChI is InChI=1S/C16H16N2OS/c1-10-6-7-12(17)13(8-10)18-16(19)15-9-11-4-2-3-5-14(11)20-15/h2-8,15H,9,17H2,1H3,(H,18,19). The highest BCUT2D eigenvalue weighted by molar-refractivity contribution is 8.01. The molecular formula is C16H16N2OS. The molecule has 1 aliphatic heterocycles. The van der Waals surface area contributed by atoms with Gasteiger partial charge in [0, 0.05) is 4.90 Å². The molecule has 1 aliphatic rings. The number of aryl methyl sites for hydroxylation is 1. The van der Waals surface area contributed by atoms with Gasteiger partial charge in [-0.1, -0.05) is 24.3 Å². The molecule has 0 radical (unpaired) electrons. The van der Waals surface area contributed by atoms with Gasteiger partial charge in [0.1, 0.15) is 0 Å². The number of carbonyl (C=O) groups is 1. The number of amides is 1. The second-order valence-corrected chi connectivity index (χ2v) is 6.24. The minimum absolute atomic E-state index is 0.0171. The summed E-state index contributed by atoms with van der Waals surface area (Å²) in [6.45, 7) is 1.98.